The third kappa shape index (κ3) is 2.04. The van der Waals surface area contributed by atoms with Gasteiger partial charge in [-0.25, -0.2) is 0 Å². The quantitative estimate of drug-likeness (QED) is 0.840. The van der Waals surface area contributed by atoms with E-state index in [1.165, 1.54) is 25.9 Å². The average molecular weight is 276 g/mol. The van der Waals surface area contributed by atoms with Crippen LogP contribution < -0.4 is 4.90 Å². The van der Waals surface area contributed by atoms with Crippen LogP contribution in [-0.4, -0.2) is 47.3 Å². The van der Waals surface area contributed by atoms with Crippen molar-refractivity contribution >= 4 is 17.4 Å². The first kappa shape index (κ1) is 11.4. The number of hydrogen-bond acceptors (Lipinski definition) is 6. The molecule has 0 atom stereocenters. The molecule has 0 N–H and O–H groups in total. The van der Waals surface area contributed by atoms with Crippen LogP contribution in [0.3, 0.4) is 0 Å². The Bertz CT molecular complexity index is 545. The molecule has 0 spiro atoms. The first-order valence-electron chi connectivity index (χ1n) is 6.76. The summed E-state index contributed by atoms with van der Waals surface area (Å²) < 4.78 is 5.87. The minimum absolute atomic E-state index is 0.565. The molecule has 5 nitrogen and oxygen atoms in total. The Kier molecular flexibility index (Phi) is 2.77. The highest BCUT2D eigenvalue weighted by atomic mass is 32.1. The van der Waals surface area contributed by atoms with Crippen molar-refractivity contribution in [2.75, 3.05) is 31.1 Å². The van der Waals surface area contributed by atoms with Gasteiger partial charge in [0.1, 0.15) is 0 Å². The molecule has 2 aromatic rings. The van der Waals surface area contributed by atoms with Gasteiger partial charge in [0.2, 0.25) is 0 Å². The zero-order valence-electron chi connectivity index (χ0n) is 10.7. The van der Waals surface area contributed by atoms with Gasteiger partial charge in [0, 0.05) is 32.2 Å². The molecule has 0 unspecified atom stereocenters. The van der Waals surface area contributed by atoms with E-state index in [1.807, 2.05) is 17.5 Å². The maximum absolute atomic E-state index is 5.87. The van der Waals surface area contributed by atoms with Crippen molar-refractivity contribution in [3.63, 3.8) is 0 Å². The molecule has 3 aliphatic heterocycles. The molecule has 0 amide bonds. The minimum atomic E-state index is 0.565. The van der Waals surface area contributed by atoms with Crippen LogP contribution in [0.4, 0.5) is 6.01 Å². The molecule has 0 saturated carbocycles. The van der Waals surface area contributed by atoms with Crippen LogP contribution in [0.2, 0.25) is 0 Å². The van der Waals surface area contributed by atoms with E-state index >= 15 is 0 Å². The normalized spacial score (nSPS) is 26.6. The molecule has 2 aromatic heterocycles. The van der Waals surface area contributed by atoms with Gasteiger partial charge in [0.25, 0.3) is 5.89 Å². The highest BCUT2D eigenvalue weighted by Crippen LogP contribution is 2.29. The largest absolute Gasteiger partial charge is 0.402 e. The zero-order chi connectivity index (χ0) is 12.7. The zero-order valence-corrected chi connectivity index (χ0v) is 11.5. The van der Waals surface area contributed by atoms with Crippen molar-refractivity contribution in [3.05, 3.63) is 17.5 Å². The van der Waals surface area contributed by atoms with Crippen LogP contribution in [0.1, 0.15) is 12.8 Å². The number of nitrogens with zero attached hydrogens (tertiary/aromatic N) is 4. The Balaban J connectivity index is 1.62. The van der Waals surface area contributed by atoms with Crippen molar-refractivity contribution in [3.8, 4) is 10.8 Å². The van der Waals surface area contributed by atoms with Gasteiger partial charge in [-0.1, -0.05) is 11.2 Å². The number of anilines is 1. The van der Waals surface area contributed by atoms with Crippen molar-refractivity contribution in [2.24, 2.45) is 0 Å². The van der Waals surface area contributed by atoms with Crippen molar-refractivity contribution in [2.45, 2.75) is 18.9 Å². The highest BCUT2D eigenvalue weighted by Gasteiger charge is 2.31. The first-order chi connectivity index (χ1) is 9.40. The van der Waals surface area contributed by atoms with Crippen molar-refractivity contribution < 1.29 is 4.42 Å². The van der Waals surface area contributed by atoms with Gasteiger partial charge in [0.15, 0.2) is 0 Å². The molecule has 2 bridgehead atoms. The molecule has 5 heterocycles. The summed E-state index contributed by atoms with van der Waals surface area (Å²) in [6, 6.07) is 5.28. The molecule has 3 fully saturated rings. The van der Waals surface area contributed by atoms with Crippen molar-refractivity contribution in [1.29, 1.82) is 0 Å². The number of hydrogen-bond donors (Lipinski definition) is 0. The van der Waals surface area contributed by atoms with Crippen LogP contribution in [0, 0.1) is 0 Å². The Morgan fingerprint density at radius 1 is 1.16 bits per heavy atom. The Hall–Kier alpha value is -1.40. The Labute approximate surface area is 115 Å². The molecule has 100 valence electrons. The van der Waals surface area contributed by atoms with E-state index < -0.39 is 0 Å². The average Bonchev–Trinajstić information content (AvgIpc) is 3.05. The molecule has 0 aromatic carbocycles. The highest BCUT2D eigenvalue weighted by molar-refractivity contribution is 7.13. The summed E-state index contributed by atoms with van der Waals surface area (Å²) in [5, 5.41) is 10.5. The molecule has 5 rings (SSSR count). The fourth-order valence-corrected chi connectivity index (χ4v) is 3.61. The molecule has 0 aliphatic carbocycles. The fraction of sp³-hybridized carbons (Fsp3) is 0.538. The summed E-state index contributed by atoms with van der Waals surface area (Å²) in [6.07, 6.45) is 2.41. The maximum Gasteiger partial charge on any atom is 0.318 e. The van der Waals surface area contributed by atoms with E-state index in [-0.39, 0.29) is 0 Å². The van der Waals surface area contributed by atoms with Gasteiger partial charge < -0.3 is 14.2 Å². The lowest BCUT2D eigenvalue weighted by Crippen LogP contribution is -2.38. The van der Waals surface area contributed by atoms with Crippen LogP contribution in [0.25, 0.3) is 10.8 Å². The minimum Gasteiger partial charge on any atom is -0.402 e. The van der Waals surface area contributed by atoms with Gasteiger partial charge in [-0.2, -0.15) is 0 Å². The van der Waals surface area contributed by atoms with Crippen molar-refractivity contribution in [1.82, 2.24) is 15.1 Å². The van der Waals surface area contributed by atoms with E-state index in [9.17, 15) is 0 Å². The van der Waals surface area contributed by atoms with E-state index in [1.54, 1.807) is 11.3 Å². The van der Waals surface area contributed by atoms with Crippen LogP contribution in [0.5, 0.6) is 0 Å². The van der Waals surface area contributed by atoms with Gasteiger partial charge in [-0.3, -0.25) is 0 Å². The summed E-state index contributed by atoms with van der Waals surface area (Å²) in [5.41, 5.74) is 0. The second-order valence-electron chi connectivity index (χ2n) is 5.13. The number of piperidine rings is 1. The second kappa shape index (κ2) is 4.61. The Morgan fingerprint density at radius 2 is 2.05 bits per heavy atom. The Morgan fingerprint density at radius 3 is 2.84 bits per heavy atom. The standard InChI is InChI=1S/C13H16N4OS/c1-2-11(19-9-1)12-14-15-13(18-12)17-8-7-16-5-3-10(17)4-6-16/h1-2,9-10H,3-8H2. The van der Waals surface area contributed by atoms with Crippen LogP contribution in [-0.2, 0) is 0 Å². The van der Waals surface area contributed by atoms with E-state index in [0.717, 1.165) is 18.0 Å². The molecule has 6 heteroatoms. The van der Waals surface area contributed by atoms with Gasteiger partial charge in [0.05, 0.1) is 4.88 Å². The molecular weight excluding hydrogens is 260 g/mol. The predicted octanol–water partition coefficient (Wildman–Crippen LogP) is 2.08. The smallest absolute Gasteiger partial charge is 0.318 e. The molecule has 0 radical (unpaired) electrons. The molecule has 3 saturated heterocycles. The van der Waals surface area contributed by atoms with Crippen LogP contribution in [0.15, 0.2) is 21.9 Å². The second-order valence-corrected chi connectivity index (χ2v) is 6.08. The summed E-state index contributed by atoms with van der Waals surface area (Å²) in [5.74, 6) is 0.643. The molecule has 3 aliphatic rings. The summed E-state index contributed by atoms with van der Waals surface area (Å²) in [6.45, 7) is 4.50. The topological polar surface area (TPSA) is 45.4 Å². The van der Waals surface area contributed by atoms with Gasteiger partial charge in [-0.05, 0) is 24.3 Å². The lowest BCUT2D eigenvalue weighted by molar-refractivity contribution is 0.249. The lowest BCUT2D eigenvalue weighted by atomic mass is 10.1. The fourth-order valence-electron chi connectivity index (χ4n) is 2.97. The van der Waals surface area contributed by atoms with E-state index in [0.29, 0.717) is 17.9 Å². The maximum atomic E-state index is 5.87. The van der Waals surface area contributed by atoms with Crippen LogP contribution >= 0.6 is 11.3 Å². The summed E-state index contributed by atoms with van der Waals surface area (Å²) >= 11 is 1.63. The number of fused-ring (bicyclic) bond motifs is 4. The van der Waals surface area contributed by atoms with Gasteiger partial charge >= 0.3 is 6.01 Å². The van der Waals surface area contributed by atoms with E-state index in [2.05, 4.69) is 20.0 Å². The van der Waals surface area contributed by atoms with E-state index in [4.69, 9.17) is 4.42 Å². The number of rotatable bonds is 2. The SMILES string of the molecule is c1csc(-c2nnc(N3CCN4CCC3CC4)o2)c1. The molecule has 19 heavy (non-hydrogen) atoms. The number of thiophene rings is 1. The monoisotopic (exact) mass is 276 g/mol. The lowest BCUT2D eigenvalue weighted by Gasteiger charge is -2.29. The third-order valence-electron chi connectivity index (χ3n) is 4.05. The third-order valence-corrected chi connectivity index (χ3v) is 4.90. The number of aromatic nitrogens is 2. The summed E-state index contributed by atoms with van der Waals surface area (Å²) in [4.78, 5) is 5.87. The first-order valence-corrected chi connectivity index (χ1v) is 7.64. The molecular formula is C13H16N4OS. The predicted molar refractivity (Wildman–Crippen MR) is 74.4 cm³/mol. The van der Waals surface area contributed by atoms with Gasteiger partial charge in [-0.15, -0.1) is 16.4 Å². The summed E-state index contributed by atoms with van der Waals surface area (Å²) in [7, 11) is 0.